The Morgan fingerprint density at radius 2 is 1.98 bits per heavy atom. The lowest BCUT2D eigenvalue weighted by Gasteiger charge is -2.33. The fraction of sp³-hybridized carbons (Fsp3) is 0.444. The molecule has 3 aliphatic rings. The molecule has 0 radical (unpaired) electrons. The number of hydrogen-bond acceptors (Lipinski definition) is 10. The maximum Gasteiger partial charge on any atom is 0.219 e. The first kappa shape index (κ1) is 30.1. The molecule has 4 aromatic rings. The van der Waals surface area contributed by atoms with Gasteiger partial charge in [0.05, 0.1) is 18.1 Å². The van der Waals surface area contributed by atoms with Gasteiger partial charge in [-0.1, -0.05) is 23.4 Å². The van der Waals surface area contributed by atoms with Crippen LogP contribution in [-0.2, 0) is 24.8 Å². The summed E-state index contributed by atoms with van der Waals surface area (Å²) in [7, 11) is 5.84. The van der Waals surface area contributed by atoms with E-state index in [0.29, 0.717) is 41.2 Å². The number of rotatable bonds is 8. The highest BCUT2D eigenvalue weighted by Gasteiger charge is 2.49. The summed E-state index contributed by atoms with van der Waals surface area (Å²) < 4.78 is 18.2. The largest absolute Gasteiger partial charge is 0.497 e. The predicted molar refractivity (Wildman–Crippen MR) is 176 cm³/mol. The van der Waals surface area contributed by atoms with Crippen molar-refractivity contribution in [2.24, 2.45) is 0 Å². The van der Waals surface area contributed by atoms with Crippen LogP contribution in [0.1, 0.15) is 72.6 Å². The van der Waals surface area contributed by atoms with E-state index in [2.05, 4.69) is 53.2 Å². The summed E-state index contributed by atoms with van der Waals surface area (Å²) in [5.41, 5.74) is 11.9. The molecule has 1 spiro atoms. The molecule has 1 fully saturated rings. The first-order chi connectivity index (χ1) is 22.3. The SMILES string of the molecule is COc1ccc(CN(C)c2cc(O[C@@H](C)[C@@H]3CCCN3C)nc(-c3noc4c3CCC[C@@]43CCc4ccc(N)c(C#N)c43)n2)cc1. The van der Waals surface area contributed by atoms with Crippen molar-refractivity contribution in [1.29, 1.82) is 5.26 Å². The summed E-state index contributed by atoms with van der Waals surface area (Å²) in [6, 6.07) is 16.6. The minimum absolute atomic E-state index is 0.0469. The highest BCUT2D eigenvalue weighted by atomic mass is 16.5. The third-order valence-electron chi connectivity index (χ3n) is 10.3. The van der Waals surface area contributed by atoms with Crippen LogP contribution in [0.4, 0.5) is 11.5 Å². The summed E-state index contributed by atoms with van der Waals surface area (Å²) >= 11 is 0. The van der Waals surface area contributed by atoms with E-state index in [0.717, 1.165) is 91.1 Å². The normalized spacial score (nSPS) is 21.1. The van der Waals surface area contributed by atoms with E-state index in [-0.39, 0.29) is 6.10 Å². The molecule has 0 unspecified atom stereocenters. The average molecular weight is 620 g/mol. The zero-order valence-electron chi connectivity index (χ0n) is 27.0. The number of hydrogen-bond donors (Lipinski definition) is 1. The number of anilines is 2. The second-order valence-corrected chi connectivity index (χ2v) is 13.1. The zero-order chi connectivity index (χ0) is 32.0. The van der Waals surface area contributed by atoms with Crippen LogP contribution in [0.3, 0.4) is 0 Å². The molecule has 7 rings (SSSR count). The van der Waals surface area contributed by atoms with E-state index >= 15 is 0 Å². The molecular formula is C36H41N7O3. The molecule has 10 heteroatoms. The van der Waals surface area contributed by atoms with Gasteiger partial charge in [-0.2, -0.15) is 10.2 Å². The van der Waals surface area contributed by atoms with Gasteiger partial charge < -0.3 is 24.6 Å². The van der Waals surface area contributed by atoms with Crippen molar-refractivity contribution in [3.63, 3.8) is 0 Å². The summed E-state index contributed by atoms with van der Waals surface area (Å²) in [5.74, 6) is 3.37. The lowest BCUT2D eigenvalue weighted by atomic mass is 9.68. The minimum Gasteiger partial charge on any atom is -0.497 e. The van der Waals surface area contributed by atoms with Gasteiger partial charge in [0.15, 0.2) is 17.3 Å². The number of nitrogen functional groups attached to an aromatic ring is 1. The van der Waals surface area contributed by atoms with Crippen LogP contribution in [0.25, 0.3) is 11.5 Å². The van der Waals surface area contributed by atoms with E-state index < -0.39 is 5.41 Å². The highest BCUT2D eigenvalue weighted by molar-refractivity contribution is 5.68. The molecule has 46 heavy (non-hydrogen) atoms. The molecule has 2 aromatic heterocycles. The second kappa shape index (κ2) is 12.0. The fourth-order valence-corrected chi connectivity index (χ4v) is 7.92. The number of methoxy groups -OCH3 is 1. The summed E-state index contributed by atoms with van der Waals surface area (Å²) in [4.78, 5) is 14.4. The number of likely N-dealkylation sites (tertiary alicyclic amines) is 1. The van der Waals surface area contributed by atoms with E-state index in [1.54, 1.807) is 7.11 Å². The Labute approximate surface area is 270 Å². The van der Waals surface area contributed by atoms with Crippen LogP contribution in [0.2, 0.25) is 0 Å². The number of benzene rings is 2. The van der Waals surface area contributed by atoms with Gasteiger partial charge >= 0.3 is 0 Å². The Morgan fingerprint density at radius 1 is 1.15 bits per heavy atom. The molecule has 3 heterocycles. The third-order valence-corrected chi connectivity index (χ3v) is 10.3. The van der Waals surface area contributed by atoms with Gasteiger partial charge in [0.25, 0.3) is 0 Å². The molecule has 3 atom stereocenters. The van der Waals surface area contributed by atoms with Crippen molar-refractivity contribution in [3.8, 4) is 29.2 Å². The quantitative estimate of drug-likeness (QED) is 0.247. The minimum atomic E-state index is -0.432. The van der Waals surface area contributed by atoms with E-state index in [1.165, 1.54) is 0 Å². The van der Waals surface area contributed by atoms with Gasteiger partial charge in [-0.3, -0.25) is 4.90 Å². The standard InChI is InChI=1S/C36H41N7O3/c1-22(29-8-6-18-42(29)2)45-31-19-30(43(3)21-23-9-12-25(44-4)13-10-23)39-35(40-31)33-26-7-5-16-36(34(26)46-41-33)17-15-24-11-14-28(38)27(20-37)32(24)36/h9-14,19,22,29H,5-8,15-18,21,38H2,1-4H3/t22-,29-,36-/m0/s1. The number of nitriles is 1. The van der Waals surface area contributed by atoms with Crippen LogP contribution in [-0.4, -0.2) is 59.9 Å². The highest BCUT2D eigenvalue weighted by Crippen LogP contribution is 2.54. The van der Waals surface area contributed by atoms with Crippen molar-refractivity contribution >= 4 is 11.5 Å². The van der Waals surface area contributed by atoms with Gasteiger partial charge in [0, 0.05) is 37.0 Å². The van der Waals surface area contributed by atoms with E-state index in [4.69, 9.17) is 29.7 Å². The fourth-order valence-electron chi connectivity index (χ4n) is 7.92. The molecule has 0 amide bonds. The van der Waals surface area contributed by atoms with Crippen molar-refractivity contribution in [2.75, 3.05) is 38.4 Å². The molecule has 2 aromatic carbocycles. The maximum atomic E-state index is 10.1. The lowest BCUT2D eigenvalue weighted by Crippen LogP contribution is -2.38. The smallest absolute Gasteiger partial charge is 0.219 e. The maximum absolute atomic E-state index is 10.1. The molecule has 2 aliphatic carbocycles. The van der Waals surface area contributed by atoms with Gasteiger partial charge in [0.1, 0.15) is 23.7 Å². The van der Waals surface area contributed by atoms with Crippen molar-refractivity contribution in [2.45, 2.75) is 76.0 Å². The Balaban J connectivity index is 1.28. The Morgan fingerprint density at radius 3 is 2.72 bits per heavy atom. The summed E-state index contributed by atoms with van der Waals surface area (Å²) in [5, 5.41) is 14.8. The summed E-state index contributed by atoms with van der Waals surface area (Å²) in [6.07, 6.45) is 6.54. The van der Waals surface area contributed by atoms with Crippen molar-refractivity contribution < 1.29 is 14.0 Å². The van der Waals surface area contributed by atoms with Gasteiger partial charge in [-0.05, 0) is 100 Å². The Hall–Kier alpha value is -4.62. The van der Waals surface area contributed by atoms with Crippen LogP contribution < -0.4 is 20.1 Å². The molecule has 0 saturated carbocycles. The van der Waals surface area contributed by atoms with Gasteiger partial charge in [-0.25, -0.2) is 4.98 Å². The molecule has 1 aliphatic heterocycles. The second-order valence-electron chi connectivity index (χ2n) is 13.1. The van der Waals surface area contributed by atoms with Crippen LogP contribution in [0, 0.1) is 11.3 Å². The number of aryl methyl sites for hydroxylation is 1. The number of ether oxygens (including phenoxy) is 2. The first-order valence-electron chi connectivity index (χ1n) is 16.2. The molecule has 1 saturated heterocycles. The van der Waals surface area contributed by atoms with Gasteiger partial charge in [-0.15, -0.1) is 0 Å². The number of nitrogens with two attached hydrogens (primary N) is 1. The molecule has 2 N–H and O–H groups in total. The van der Waals surface area contributed by atoms with Crippen molar-refractivity contribution in [3.05, 3.63) is 76.0 Å². The average Bonchev–Trinajstić information content (AvgIpc) is 3.79. The zero-order valence-corrected chi connectivity index (χ0v) is 27.0. The Kier molecular flexibility index (Phi) is 7.81. The first-order valence-corrected chi connectivity index (χ1v) is 16.2. The molecule has 0 bridgehead atoms. The molecule has 10 nitrogen and oxygen atoms in total. The predicted octanol–water partition coefficient (Wildman–Crippen LogP) is 5.66. The monoisotopic (exact) mass is 619 g/mol. The van der Waals surface area contributed by atoms with Crippen molar-refractivity contribution in [1.82, 2.24) is 20.0 Å². The van der Waals surface area contributed by atoms with Gasteiger partial charge in [0.2, 0.25) is 5.88 Å². The molecular weight excluding hydrogens is 578 g/mol. The number of likely N-dealkylation sites (N-methyl/N-ethyl adjacent to an activating group) is 1. The molecule has 238 valence electrons. The van der Waals surface area contributed by atoms with Crippen LogP contribution >= 0.6 is 0 Å². The topological polar surface area (TPSA) is 127 Å². The van der Waals surface area contributed by atoms with Crippen LogP contribution in [0.15, 0.2) is 47.0 Å². The van der Waals surface area contributed by atoms with E-state index in [1.807, 2.05) is 31.3 Å². The number of nitrogens with zero attached hydrogens (tertiary/aromatic N) is 6. The Bertz CT molecular complexity index is 1800. The lowest BCUT2D eigenvalue weighted by molar-refractivity contribution is 0.117. The number of fused-ring (bicyclic) bond motifs is 4. The third kappa shape index (κ3) is 5.13. The van der Waals surface area contributed by atoms with Crippen LogP contribution in [0.5, 0.6) is 11.6 Å². The summed E-state index contributed by atoms with van der Waals surface area (Å²) in [6.45, 7) is 3.82. The van der Waals surface area contributed by atoms with E-state index in [9.17, 15) is 5.26 Å². The number of aromatic nitrogens is 3.